The van der Waals surface area contributed by atoms with Crippen LogP contribution in [0.1, 0.15) is 36.7 Å². The first-order valence-electron chi connectivity index (χ1n) is 5.53. The van der Waals surface area contributed by atoms with Gasteiger partial charge in [-0.2, -0.15) is 5.10 Å². The maximum atomic E-state index is 6.19. The van der Waals surface area contributed by atoms with E-state index in [9.17, 15) is 0 Å². The van der Waals surface area contributed by atoms with E-state index in [1.807, 2.05) is 14.0 Å². The van der Waals surface area contributed by atoms with Crippen molar-refractivity contribution >= 4 is 22.6 Å². The van der Waals surface area contributed by atoms with Crippen molar-refractivity contribution < 1.29 is 0 Å². The van der Waals surface area contributed by atoms with Gasteiger partial charge < -0.3 is 0 Å². The van der Waals surface area contributed by atoms with Gasteiger partial charge in [-0.05, 0) is 19.8 Å². The second kappa shape index (κ2) is 3.42. The third kappa shape index (κ3) is 1.33. The quantitative estimate of drug-likeness (QED) is 0.715. The number of fused-ring (bicyclic) bond motifs is 1. The van der Waals surface area contributed by atoms with E-state index in [1.54, 1.807) is 4.68 Å². The van der Waals surface area contributed by atoms with Gasteiger partial charge in [-0.3, -0.25) is 4.68 Å². The molecule has 2 heterocycles. The van der Waals surface area contributed by atoms with Crippen molar-refractivity contribution in [3.05, 3.63) is 16.7 Å². The molecule has 5 heteroatoms. The minimum atomic E-state index is 0.501. The van der Waals surface area contributed by atoms with Crippen LogP contribution in [0.4, 0.5) is 0 Å². The van der Waals surface area contributed by atoms with Crippen LogP contribution in [-0.4, -0.2) is 19.7 Å². The first-order chi connectivity index (χ1) is 7.66. The van der Waals surface area contributed by atoms with E-state index in [0.29, 0.717) is 11.1 Å². The minimum absolute atomic E-state index is 0.501. The summed E-state index contributed by atoms with van der Waals surface area (Å²) in [5.41, 5.74) is 2.65. The van der Waals surface area contributed by atoms with E-state index in [1.165, 1.54) is 19.3 Å². The molecule has 84 valence electrons. The van der Waals surface area contributed by atoms with E-state index < -0.39 is 0 Å². The lowest BCUT2D eigenvalue weighted by Gasteiger charge is -2.23. The summed E-state index contributed by atoms with van der Waals surface area (Å²) in [6.45, 7) is 1.95. The summed E-state index contributed by atoms with van der Waals surface area (Å²) in [4.78, 5) is 8.99. The van der Waals surface area contributed by atoms with E-state index in [-0.39, 0.29) is 0 Å². The van der Waals surface area contributed by atoms with Crippen molar-refractivity contribution in [1.82, 2.24) is 19.7 Å². The van der Waals surface area contributed by atoms with E-state index in [0.717, 1.165) is 22.6 Å². The normalized spacial score (nSPS) is 16.7. The maximum absolute atomic E-state index is 6.19. The van der Waals surface area contributed by atoms with Crippen LogP contribution < -0.4 is 0 Å². The van der Waals surface area contributed by atoms with Crippen LogP contribution in [0.2, 0.25) is 5.15 Å². The lowest BCUT2D eigenvalue weighted by molar-refractivity contribution is 0.402. The molecule has 2 aromatic rings. The predicted octanol–water partition coefficient (Wildman–Crippen LogP) is 2.59. The van der Waals surface area contributed by atoms with Gasteiger partial charge in [0.25, 0.3) is 0 Å². The Bertz CT molecular complexity index is 557. The molecule has 0 aliphatic heterocycles. The summed E-state index contributed by atoms with van der Waals surface area (Å²) < 4.78 is 1.75. The fourth-order valence-corrected chi connectivity index (χ4v) is 2.45. The highest BCUT2D eigenvalue weighted by Crippen LogP contribution is 2.36. The molecule has 1 saturated carbocycles. The molecule has 1 fully saturated rings. The van der Waals surface area contributed by atoms with Crippen LogP contribution in [0.25, 0.3) is 11.0 Å². The van der Waals surface area contributed by atoms with Gasteiger partial charge in [0.1, 0.15) is 16.9 Å². The second-order valence-electron chi connectivity index (χ2n) is 4.41. The molecule has 0 atom stereocenters. The van der Waals surface area contributed by atoms with Crippen molar-refractivity contribution in [2.24, 2.45) is 7.05 Å². The highest BCUT2D eigenvalue weighted by atomic mass is 35.5. The van der Waals surface area contributed by atoms with Crippen LogP contribution in [0.5, 0.6) is 0 Å². The molecule has 2 aromatic heterocycles. The maximum Gasteiger partial charge on any atom is 0.158 e. The Morgan fingerprint density at radius 3 is 2.69 bits per heavy atom. The number of aromatic nitrogens is 4. The number of nitrogens with zero attached hydrogens (tertiary/aromatic N) is 4. The molecule has 0 radical (unpaired) electrons. The van der Waals surface area contributed by atoms with Crippen LogP contribution in [0.15, 0.2) is 0 Å². The highest BCUT2D eigenvalue weighted by molar-refractivity contribution is 6.33. The van der Waals surface area contributed by atoms with Crippen molar-refractivity contribution in [1.29, 1.82) is 0 Å². The Hall–Kier alpha value is -1.16. The molecule has 0 N–H and O–H groups in total. The van der Waals surface area contributed by atoms with Gasteiger partial charge in [-0.15, -0.1) is 0 Å². The number of rotatable bonds is 1. The monoisotopic (exact) mass is 236 g/mol. The largest absolute Gasteiger partial charge is 0.263 e. The minimum Gasteiger partial charge on any atom is -0.263 e. The van der Waals surface area contributed by atoms with Gasteiger partial charge >= 0.3 is 0 Å². The van der Waals surface area contributed by atoms with Crippen LogP contribution in [-0.2, 0) is 7.05 Å². The van der Waals surface area contributed by atoms with Crippen molar-refractivity contribution in [2.75, 3.05) is 0 Å². The third-order valence-corrected chi connectivity index (χ3v) is 3.56. The molecule has 3 rings (SSSR count). The zero-order chi connectivity index (χ0) is 11.3. The van der Waals surface area contributed by atoms with Gasteiger partial charge in [0.2, 0.25) is 0 Å². The van der Waals surface area contributed by atoms with Gasteiger partial charge in [-0.25, -0.2) is 9.97 Å². The summed E-state index contributed by atoms with van der Waals surface area (Å²) in [6, 6.07) is 0. The Morgan fingerprint density at radius 1 is 1.31 bits per heavy atom. The van der Waals surface area contributed by atoms with Crippen LogP contribution in [0.3, 0.4) is 0 Å². The standard InChI is InChI=1S/C11H13ClN4/c1-6-8-9(16(2)15-6)10(12)14-11(13-8)7-4-3-5-7/h7H,3-5H2,1-2H3. The van der Waals surface area contributed by atoms with Crippen LogP contribution >= 0.6 is 11.6 Å². The molecule has 1 aliphatic carbocycles. The summed E-state index contributed by atoms with van der Waals surface area (Å²) in [6.07, 6.45) is 3.64. The average Bonchev–Trinajstić information content (AvgIpc) is 2.39. The number of halogens is 1. The molecule has 0 saturated heterocycles. The molecule has 1 aliphatic rings. The SMILES string of the molecule is Cc1nn(C)c2c(Cl)nc(C3CCC3)nc12. The van der Waals surface area contributed by atoms with Crippen molar-refractivity contribution in [2.45, 2.75) is 32.1 Å². The summed E-state index contributed by atoms with van der Waals surface area (Å²) >= 11 is 6.19. The first-order valence-corrected chi connectivity index (χ1v) is 5.91. The number of aryl methyl sites for hydroxylation is 2. The Morgan fingerprint density at radius 2 is 2.06 bits per heavy atom. The van der Waals surface area contributed by atoms with Gasteiger partial charge in [-0.1, -0.05) is 18.0 Å². The fourth-order valence-electron chi connectivity index (χ4n) is 2.15. The van der Waals surface area contributed by atoms with E-state index >= 15 is 0 Å². The lowest BCUT2D eigenvalue weighted by Crippen LogP contribution is -2.13. The molecular formula is C11H13ClN4. The number of hydrogen-bond donors (Lipinski definition) is 0. The molecule has 4 nitrogen and oxygen atoms in total. The zero-order valence-electron chi connectivity index (χ0n) is 9.37. The second-order valence-corrected chi connectivity index (χ2v) is 4.76. The Labute approximate surface area is 98.6 Å². The van der Waals surface area contributed by atoms with Crippen LogP contribution in [0, 0.1) is 6.92 Å². The van der Waals surface area contributed by atoms with Gasteiger partial charge in [0.15, 0.2) is 5.15 Å². The zero-order valence-corrected chi connectivity index (χ0v) is 10.1. The summed E-state index contributed by atoms with van der Waals surface area (Å²) in [5.74, 6) is 1.39. The highest BCUT2D eigenvalue weighted by Gasteiger charge is 2.24. The predicted molar refractivity (Wildman–Crippen MR) is 62.6 cm³/mol. The van der Waals surface area contributed by atoms with E-state index in [4.69, 9.17) is 11.6 Å². The molecule has 0 aromatic carbocycles. The molecule has 16 heavy (non-hydrogen) atoms. The van der Waals surface area contributed by atoms with Gasteiger partial charge in [0.05, 0.1) is 5.69 Å². The lowest BCUT2D eigenvalue weighted by atomic mass is 9.85. The Balaban J connectivity index is 2.24. The fraction of sp³-hybridized carbons (Fsp3) is 0.545. The topological polar surface area (TPSA) is 43.6 Å². The van der Waals surface area contributed by atoms with Gasteiger partial charge in [0, 0.05) is 13.0 Å². The molecule has 0 amide bonds. The summed E-state index contributed by atoms with van der Waals surface area (Å²) in [7, 11) is 1.87. The first kappa shape index (κ1) is 10.0. The Kier molecular flexibility index (Phi) is 2.14. The third-order valence-electron chi connectivity index (χ3n) is 3.30. The van der Waals surface area contributed by atoms with E-state index in [2.05, 4.69) is 15.1 Å². The van der Waals surface area contributed by atoms with Crippen molar-refractivity contribution in [3.63, 3.8) is 0 Å². The molecule has 0 unspecified atom stereocenters. The number of hydrogen-bond acceptors (Lipinski definition) is 3. The average molecular weight is 237 g/mol. The smallest absolute Gasteiger partial charge is 0.158 e. The molecular weight excluding hydrogens is 224 g/mol. The molecule has 0 spiro atoms. The molecule has 0 bridgehead atoms. The summed E-state index contributed by atoms with van der Waals surface area (Å²) in [5, 5.41) is 4.85. The van der Waals surface area contributed by atoms with Crippen molar-refractivity contribution in [3.8, 4) is 0 Å².